The molecule has 0 radical (unpaired) electrons. The Kier molecular flexibility index (Phi) is 4.14. The van der Waals surface area contributed by atoms with Gasteiger partial charge in [0.15, 0.2) is 0 Å². The zero-order valence-corrected chi connectivity index (χ0v) is 12.3. The summed E-state index contributed by atoms with van der Waals surface area (Å²) in [5, 5.41) is 0.416. The molecular formula is C12H11BrClN3O. The van der Waals surface area contributed by atoms with E-state index in [4.69, 9.17) is 16.3 Å². The smallest absolute Gasteiger partial charge is 0.227 e. The van der Waals surface area contributed by atoms with Gasteiger partial charge in [-0.15, -0.1) is 0 Å². The molecule has 2 aromatic rings. The highest BCUT2D eigenvalue weighted by Gasteiger charge is 2.11. The van der Waals surface area contributed by atoms with Crippen molar-refractivity contribution in [2.75, 3.05) is 0 Å². The first kappa shape index (κ1) is 13.2. The van der Waals surface area contributed by atoms with Crippen LogP contribution >= 0.6 is 27.5 Å². The molecule has 0 unspecified atom stereocenters. The van der Waals surface area contributed by atoms with E-state index in [0.717, 1.165) is 4.47 Å². The van der Waals surface area contributed by atoms with E-state index in [0.29, 0.717) is 34.6 Å². The van der Waals surface area contributed by atoms with Crippen molar-refractivity contribution in [3.05, 3.63) is 39.5 Å². The van der Waals surface area contributed by atoms with E-state index in [1.807, 2.05) is 19.9 Å². The minimum absolute atomic E-state index is 0.416. The van der Waals surface area contributed by atoms with E-state index in [-0.39, 0.29) is 0 Å². The molecule has 0 aliphatic heterocycles. The van der Waals surface area contributed by atoms with Gasteiger partial charge < -0.3 is 4.74 Å². The molecule has 0 spiro atoms. The third-order valence-corrected chi connectivity index (χ3v) is 3.10. The van der Waals surface area contributed by atoms with Gasteiger partial charge >= 0.3 is 0 Å². The Bertz CT molecular complexity index is 577. The van der Waals surface area contributed by atoms with Crippen molar-refractivity contribution in [3.63, 3.8) is 0 Å². The summed E-state index contributed by atoms with van der Waals surface area (Å²) < 4.78 is 6.53. The predicted octanol–water partition coefficient (Wildman–Crippen LogP) is 3.95. The SMILES string of the molecule is CCc1nc(Cl)c(C)c(Oc2cncc(Br)c2)n1. The van der Waals surface area contributed by atoms with Gasteiger partial charge in [0.25, 0.3) is 0 Å². The first-order chi connectivity index (χ1) is 8.60. The molecule has 0 amide bonds. The van der Waals surface area contributed by atoms with E-state index in [1.165, 1.54) is 0 Å². The number of aromatic nitrogens is 3. The number of pyridine rings is 1. The Morgan fingerprint density at radius 1 is 1.33 bits per heavy atom. The van der Waals surface area contributed by atoms with Crippen LogP contribution in [-0.2, 0) is 6.42 Å². The van der Waals surface area contributed by atoms with Gasteiger partial charge in [-0.3, -0.25) is 4.98 Å². The van der Waals surface area contributed by atoms with Gasteiger partial charge in [-0.2, -0.15) is 4.98 Å². The molecule has 0 saturated heterocycles. The van der Waals surface area contributed by atoms with E-state index in [2.05, 4.69) is 30.9 Å². The molecule has 0 aliphatic rings. The summed E-state index contributed by atoms with van der Waals surface area (Å²) in [4.78, 5) is 12.5. The van der Waals surface area contributed by atoms with Crippen molar-refractivity contribution in [3.8, 4) is 11.6 Å². The van der Waals surface area contributed by atoms with E-state index >= 15 is 0 Å². The summed E-state index contributed by atoms with van der Waals surface area (Å²) in [6.45, 7) is 3.79. The highest BCUT2D eigenvalue weighted by atomic mass is 79.9. The molecule has 2 aromatic heterocycles. The highest BCUT2D eigenvalue weighted by Crippen LogP contribution is 2.27. The maximum atomic E-state index is 6.04. The number of aryl methyl sites for hydroxylation is 1. The largest absolute Gasteiger partial charge is 0.437 e. The van der Waals surface area contributed by atoms with Crippen LogP contribution in [0.1, 0.15) is 18.3 Å². The molecule has 0 bridgehead atoms. The lowest BCUT2D eigenvalue weighted by molar-refractivity contribution is 0.452. The Morgan fingerprint density at radius 3 is 2.78 bits per heavy atom. The second-order valence-corrected chi connectivity index (χ2v) is 4.93. The normalized spacial score (nSPS) is 10.4. The second kappa shape index (κ2) is 5.63. The lowest BCUT2D eigenvalue weighted by Crippen LogP contribution is -2.00. The Balaban J connectivity index is 2.36. The van der Waals surface area contributed by atoms with Gasteiger partial charge in [-0.05, 0) is 28.9 Å². The molecule has 2 rings (SSSR count). The van der Waals surface area contributed by atoms with Crippen LogP contribution in [0.5, 0.6) is 11.6 Å². The number of hydrogen-bond acceptors (Lipinski definition) is 4. The predicted molar refractivity (Wildman–Crippen MR) is 73.2 cm³/mol. The quantitative estimate of drug-likeness (QED) is 0.800. The van der Waals surface area contributed by atoms with Gasteiger partial charge in [0.1, 0.15) is 16.7 Å². The third-order valence-electron chi connectivity index (χ3n) is 2.30. The minimum Gasteiger partial charge on any atom is -0.437 e. The number of nitrogens with zero attached hydrogens (tertiary/aromatic N) is 3. The van der Waals surface area contributed by atoms with Gasteiger partial charge in [0, 0.05) is 22.7 Å². The van der Waals surface area contributed by atoms with Crippen molar-refractivity contribution >= 4 is 27.5 Å². The fourth-order valence-corrected chi connectivity index (χ4v) is 1.85. The monoisotopic (exact) mass is 327 g/mol. The van der Waals surface area contributed by atoms with Gasteiger partial charge in [-0.1, -0.05) is 18.5 Å². The topological polar surface area (TPSA) is 47.9 Å². The Labute approximate surface area is 119 Å². The van der Waals surface area contributed by atoms with E-state index in [1.54, 1.807) is 12.4 Å². The molecule has 94 valence electrons. The fourth-order valence-electron chi connectivity index (χ4n) is 1.33. The van der Waals surface area contributed by atoms with Crippen molar-refractivity contribution in [2.24, 2.45) is 0 Å². The van der Waals surface area contributed by atoms with Crippen LogP contribution in [0.4, 0.5) is 0 Å². The summed E-state index contributed by atoms with van der Waals surface area (Å²) in [5.74, 6) is 1.72. The summed E-state index contributed by atoms with van der Waals surface area (Å²) in [6, 6.07) is 1.81. The van der Waals surface area contributed by atoms with Crippen LogP contribution in [0, 0.1) is 6.92 Å². The minimum atomic E-state index is 0.416. The van der Waals surface area contributed by atoms with Crippen molar-refractivity contribution in [2.45, 2.75) is 20.3 Å². The third kappa shape index (κ3) is 2.97. The van der Waals surface area contributed by atoms with Crippen molar-refractivity contribution in [1.82, 2.24) is 15.0 Å². The van der Waals surface area contributed by atoms with Crippen LogP contribution < -0.4 is 4.74 Å². The molecular weight excluding hydrogens is 318 g/mol. The first-order valence-electron chi connectivity index (χ1n) is 5.41. The molecule has 2 heterocycles. The molecule has 0 saturated carbocycles. The summed E-state index contributed by atoms with van der Waals surface area (Å²) in [5.41, 5.74) is 0.717. The van der Waals surface area contributed by atoms with Crippen LogP contribution in [0.3, 0.4) is 0 Å². The van der Waals surface area contributed by atoms with Crippen LogP contribution in [0.2, 0.25) is 5.15 Å². The fraction of sp³-hybridized carbons (Fsp3) is 0.250. The number of halogens is 2. The highest BCUT2D eigenvalue weighted by molar-refractivity contribution is 9.10. The first-order valence-corrected chi connectivity index (χ1v) is 6.58. The number of ether oxygens (including phenoxy) is 1. The molecule has 0 aliphatic carbocycles. The molecule has 6 heteroatoms. The molecule has 4 nitrogen and oxygen atoms in total. The lowest BCUT2D eigenvalue weighted by atomic mass is 10.3. The van der Waals surface area contributed by atoms with E-state index in [9.17, 15) is 0 Å². The maximum absolute atomic E-state index is 6.04. The number of rotatable bonds is 3. The molecule has 0 fully saturated rings. The van der Waals surface area contributed by atoms with Crippen LogP contribution in [0.15, 0.2) is 22.9 Å². The second-order valence-electron chi connectivity index (χ2n) is 3.66. The molecule has 0 N–H and O–H groups in total. The van der Waals surface area contributed by atoms with Gasteiger partial charge in [0.05, 0.1) is 6.20 Å². The van der Waals surface area contributed by atoms with Gasteiger partial charge in [0.2, 0.25) is 5.88 Å². The summed E-state index contributed by atoms with van der Waals surface area (Å²) in [7, 11) is 0. The zero-order valence-electron chi connectivity index (χ0n) is 9.94. The van der Waals surface area contributed by atoms with Crippen molar-refractivity contribution < 1.29 is 4.74 Å². The molecule has 0 atom stereocenters. The maximum Gasteiger partial charge on any atom is 0.227 e. The number of hydrogen-bond donors (Lipinski definition) is 0. The average Bonchev–Trinajstić information content (AvgIpc) is 2.34. The van der Waals surface area contributed by atoms with Crippen LogP contribution in [-0.4, -0.2) is 15.0 Å². The van der Waals surface area contributed by atoms with Gasteiger partial charge in [-0.25, -0.2) is 4.98 Å². The van der Waals surface area contributed by atoms with E-state index < -0.39 is 0 Å². The summed E-state index contributed by atoms with van der Waals surface area (Å²) >= 11 is 9.37. The zero-order chi connectivity index (χ0) is 13.1. The molecule has 18 heavy (non-hydrogen) atoms. The Hall–Kier alpha value is -1.20. The lowest BCUT2D eigenvalue weighted by Gasteiger charge is -2.09. The standard InChI is InChI=1S/C12H11BrClN3O/c1-3-10-16-11(14)7(2)12(17-10)18-9-4-8(13)5-15-6-9/h4-6H,3H2,1-2H3. The molecule has 0 aromatic carbocycles. The van der Waals surface area contributed by atoms with Crippen LogP contribution in [0.25, 0.3) is 0 Å². The summed E-state index contributed by atoms with van der Waals surface area (Å²) in [6.07, 6.45) is 4.00. The Morgan fingerprint density at radius 2 is 2.11 bits per heavy atom. The van der Waals surface area contributed by atoms with Crippen molar-refractivity contribution in [1.29, 1.82) is 0 Å². The average molecular weight is 329 g/mol.